The van der Waals surface area contributed by atoms with Crippen molar-refractivity contribution < 1.29 is 19.4 Å². The van der Waals surface area contributed by atoms with Gasteiger partial charge in [-0.1, -0.05) is 11.6 Å². The third-order valence-electron chi connectivity index (χ3n) is 3.29. The molecule has 21 heavy (non-hydrogen) atoms. The minimum Gasteiger partial charge on any atom is -0.481 e. The highest BCUT2D eigenvalue weighted by Gasteiger charge is 2.52. The van der Waals surface area contributed by atoms with Gasteiger partial charge in [-0.25, -0.2) is 4.79 Å². The number of benzene rings is 1. The lowest BCUT2D eigenvalue weighted by Gasteiger charge is -2.20. The van der Waals surface area contributed by atoms with E-state index >= 15 is 0 Å². The number of amides is 1. The summed E-state index contributed by atoms with van der Waals surface area (Å²) < 4.78 is 5.16. The van der Waals surface area contributed by atoms with Crippen LogP contribution in [-0.4, -0.2) is 22.8 Å². The molecule has 0 saturated heterocycles. The number of carboxylic acid groups (broad SMARTS) is 1. The molecule has 1 saturated carbocycles. The van der Waals surface area contributed by atoms with E-state index in [1.165, 1.54) is 0 Å². The standard InChI is InChI=1S/C15H18ClNO4/c1-14(2,3)21-13(20)17-9-4-5-11(16)10(8-9)15(6-7-15)12(18)19/h4-5,8H,6-7H2,1-3H3,(H,17,20)(H,18,19). The average Bonchev–Trinajstić information content (AvgIpc) is 3.10. The van der Waals surface area contributed by atoms with Crippen molar-refractivity contribution in [2.75, 3.05) is 5.32 Å². The number of hydrogen-bond acceptors (Lipinski definition) is 3. The van der Waals surface area contributed by atoms with Crippen LogP contribution in [0, 0.1) is 0 Å². The molecule has 0 aromatic heterocycles. The van der Waals surface area contributed by atoms with E-state index < -0.39 is 23.1 Å². The number of carbonyl (C=O) groups is 2. The molecule has 2 rings (SSSR count). The fraction of sp³-hybridized carbons (Fsp3) is 0.467. The van der Waals surface area contributed by atoms with Gasteiger partial charge in [-0.3, -0.25) is 10.1 Å². The van der Waals surface area contributed by atoms with Gasteiger partial charge in [-0.15, -0.1) is 0 Å². The molecule has 114 valence electrons. The van der Waals surface area contributed by atoms with E-state index in [1.807, 2.05) is 0 Å². The molecule has 2 N–H and O–H groups in total. The van der Waals surface area contributed by atoms with Crippen molar-refractivity contribution in [3.8, 4) is 0 Å². The number of carbonyl (C=O) groups excluding carboxylic acids is 1. The monoisotopic (exact) mass is 311 g/mol. The molecule has 5 nitrogen and oxygen atoms in total. The molecule has 1 fully saturated rings. The van der Waals surface area contributed by atoms with Crippen molar-refractivity contribution in [1.82, 2.24) is 0 Å². The molecule has 0 heterocycles. The van der Waals surface area contributed by atoms with Crippen LogP contribution in [0.4, 0.5) is 10.5 Å². The first-order valence-electron chi connectivity index (χ1n) is 6.67. The molecule has 1 amide bonds. The second-order valence-corrected chi connectivity index (χ2v) is 6.62. The number of nitrogens with one attached hydrogen (secondary N) is 1. The molecule has 0 unspecified atom stereocenters. The Morgan fingerprint density at radius 2 is 1.95 bits per heavy atom. The summed E-state index contributed by atoms with van der Waals surface area (Å²) >= 11 is 6.10. The van der Waals surface area contributed by atoms with Gasteiger partial charge in [-0.05, 0) is 57.4 Å². The van der Waals surface area contributed by atoms with Gasteiger partial charge in [0, 0.05) is 10.7 Å². The molecule has 6 heteroatoms. The number of ether oxygens (including phenoxy) is 1. The van der Waals surface area contributed by atoms with Crippen LogP contribution in [0.1, 0.15) is 39.2 Å². The van der Waals surface area contributed by atoms with Gasteiger partial charge in [-0.2, -0.15) is 0 Å². The van der Waals surface area contributed by atoms with Crippen LogP contribution in [-0.2, 0) is 14.9 Å². The first-order valence-corrected chi connectivity index (χ1v) is 7.05. The predicted molar refractivity (Wildman–Crippen MR) is 79.9 cm³/mol. The summed E-state index contributed by atoms with van der Waals surface area (Å²) in [6, 6.07) is 4.81. The summed E-state index contributed by atoms with van der Waals surface area (Å²) in [6.07, 6.45) is 0.520. The summed E-state index contributed by atoms with van der Waals surface area (Å²) in [6.45, 7) is 5.30. The van der Waals surface area contributed by atoms with Crippen molar-refractivity contribution in [2.24, 2.45) is 0 Å². The minimum absolute atomic E-state index is 0.393. The normalized spacial score (nSPS) is 16.2. The van der Waals surface area contributed by atoms with Gasteiger partial charge in [0.25, 0.3) is 0 Å². The fourth-order valence-electron chi connectivity index (χ4n) is 2.11. The zero-order chi connectivity index (χ0) is 15.8. The van der Waals surface area contributed by atoms with Gasteiger partial charge in [0.05, 0.1) is 5.41 Å². The van der Waals surface area contributed by atoms with Crippen molar-refractivity contribution in [1.29, 1.82) is 0 Å². The molecule has 0 spiro atoms. The maximum absolute atomic E-state index is 11.7. The Morgan fingerprint density at radius 1 is 1.33 bits per heavy atom. The molecular formula is C15H18ClNO4. The molecular weight excluding hydrogens is 294 g/mol. The van der Waals surface area contributed by atoms with Crippen molar-refractivity contribution in [2.45, 2.75) is 44.6 Å². The van der Waals surface area contributed by atoms with Crippen LogP contribution in [0.2, 0.25) is 5.02 Å². The maximum atomic E-state index is 11.7. The number of carboxylic acids is 1. The largest absolute Gasteiger partial charge is 0.481 e. The molecule has 0 aliphatic heterocycles. The Bertz CT molecular complexity index is 588. The Morgan fingerprint density at radius 3 is 2.43 bits per heavy atom. The van der Waals surface area contributed by atoms with Crippen LogP contribution in [0.15, 0.2) is 18.2 Å². The quantitative estimate of drug-likeness (QED) is 0.890. The molecule has 1 aromatic carbocycles. The van der Waals surface area contributed by atoms with E-state index in [1.54, 1.807) is 39.0 Å². The lowest BCUT2D eigenvalue weighted by atomic mass is 9.95. The highest BCUT2D eigenvalue weighted by atomic mass is 35.5. The summed E-state index contributed by atoms with van der Waals surface area (Å²) in [4.78, 5) is 23.1. The number of anilines is 1. The SMILES string of the molecule is CC(C)(C)OC(=O)Nc1ccc(Cl)c(C2(C(=O)O)CC2)c1. The Hall–Kier alpha value is -1.75. The van der Waals surface area contributed by atoms with Crippen LogP contribution >= 0.6 is 11.6 Å². The van der Waals surface area contributed by atoms with Crippen molar-refractivity contribution >= 4 is 29.4 Å². The predicted octanol–water partition coefficient (Wildman–Crippen LogP) is 3.80. The third-order valence-corrected chi connectivity index (χ3v) is 3.62. The minimum atomic E-state index is -0.914. The lowest BCUT2D eigenvalue weighted by Crippen LogP contribution is -2.27. The summed E-state index contributed by atoms with van der Waals surface area (Å²) in [5.41, 5.74) is -0.512. The van der Waals surface area contributed by atoms with Crippen molar-refractivity contribution in [3.05, 3.63) is 28.8 Å². The number of hydrogen-bond donors (Lipinski definition) is 2. The van der Waals surface area contributed by atoms with Crippen LogP contribution in [0.5, 0.6) is 0 Å². The molecule has 0 atom stereocenters. The highest BCUT2D eigenvalue weighted by Crippen LogP contribution is 2.51. The second kappa shape index (κ2) is 5.22. The van der Waals surface area contributed by atoms with Gasteiger partial charge in [0.1, 0.15) is 5.60 Å². The summed E-state index contributed by atoms with van der Waals surface area (Å²) in [5.74, 6) is -0.890. The molecule has 0 radical (unpaired) electrons. The molecule has 1 aliphatic carbocycles. The Balaban J connectivity index is 2.20. The Labute approximate surface area is 128 Å². The van der Waals surface area contributed by atoms with Gasteiger partial charge >= 0.3 is 12.1 Å². The van der Waals surface area contributed by atoms with Crippen LogP contribution < -0.4 is 5.32 Å². The lowest BCUT2D eigenvalue weighted by molar-refractivity contribution is -0.140. The number of aliphatic carboxylic acids is 1. The van der Waals surface area contributed by atoms with E-state index in [2.05, 4.69) is 5.32 Å². The van der Waals surface area contributed by atoms with E-state index in [0.717, 1.165) is 0 Å². The van der Waals surface area contributed by atoms with Crippen molar-refractivity contribution in [3.63, 3.8) is 0 Å². The van der Waals surface area contributed by atoms with Crippen LogP contribution in [0.25, 0.3) is 0 Å². The van der Waals surface area contributed by atoms with E-state index in [0.29, 0.717) is 29.1 Å². The topological polar surface area (TPSA) is 75.6 Å². The van der Waals surface area contributed by atoms with E-state index in [4.69, 9.17) is 16.3 Å². The van der Waals surface area contributed by atoms with Crippen LogP contribution in [0.3, 0.4) is 0 Å². The number of halogens is 1. The van der Waals surface area contributed by atoms with Gasteiger partial charge in [0.2, 0.25) is 0 Å². The third kappa shape index (κ3) is 3.47. The summed E-state index contributed by atoms with van der Waals surface area (Å²) in [7, 11) is 0. The van der Waals surface area contributed by atoms with Gasteiger partial charge in [0.15, 0.2) is 0 Å². The summed E-state index contributed by atoms with van der Waals surface area (Å²) in [5, 5.41) is 12.3. The second-order valence-electron chi connectivity index (χ2n) is 6.21. The molecule has 1 aromatic rings. The van der Waals surface area contributed by atoms with Gasteiger partial charge < -0.3 is 9.84 Å². The average molecular weight is 312 g/mol. The Kier molecular flexibility index (Phi) is 3.89. The first-order chi connectivity index (χ1) is 9.64. The smallest absolute Gasteiger partial charge is 0.412 e. The van der Waals surface area contributed by atoms with E-state index in [9.17, 15) is 14.7 Å². The zero-order valence-electron chi connectivity index (χ0n) is 12.2. The van der Waals surface area contributed by atoms with E-state index in [-0.39, 0.29) is 0 Å². The zero-order valence-corrected chi connectivity index (χ0v) is 13.0. The number of rotatable bonds is 3. The fourth-order valence-corrected chi connectivity index (χ4v) is 2.41. The molecule has 1 aliphatic rings. The highest BCUT2D eigenvalue weighted by molar-refractivity contribution is 6.32. The molecule has 0 bridgehead atoms. The maximum Gasteiger partial charge on any atom is 0.412 e. The first kappa shape index (κ1) is 15.6.